The van der Waals surface area contributed by atoms with Crippen molar-refractivity contribution < 1.29 is 0 Å². The van der Waals surface area contributed by atoms with Crippen molar-refractivity contribution in [2.24, 2.45) is 0 Å². The van der Waals surface area contributed by atoms with Gasteiger partial charge >= 0.3 is 0 Å². The maximum absolute atomic E-state index is 3.81. The Morgan fingerprint density at radius 1 is 1.67 bits per heavy atom. The van der Waals surface area contributed by atoms with Crippen LogP contribution in [0.15, 0.2) is 6.08 Å². The van der Waals surface area contributed by atoms with Crippen molar-refractivity contribution in [2.45, 2.75) is 6.42 Å². The molecule has 0 radical (unpaired) electrons. The van der Waals surface area contributed by atoms with Gasteiger partial charge in [-0.15, -0.1) is 5.10 Å². The van der Waals surface area contributed by atoms with Gasteiger partial charge in [0.05, 0.1) is 0 Å². The molecule has 0 fully saturated rings. The van der Waals surface area contributed by atoms with Crippen molar-refractivity contribution >= 4 is 11.8 Å². The van der Waals surface area contributed by atoms with Gasteiger partial charge in [-0.1, -0.05) is 10.9 Å². The highest BCUT2D eigenvalue weighted by molar-refractivity contribution is 5.32. The Bertz CT molecular complexity index is 354. The number of allylic oxidation sites excluding steroid dienone is 1. The lowest BCUT2D eigenvalue weighted by atomic mass is 10.3. The molecule has 1 aliphatic carbocycles. The molecule has 1 aliphatic rings. The summed E-state index contributed by atoms with van der Waals surface area (Å²) in [6.45, 7) is 0. The number of hydrogen-bond donors (Lipinski definition) is 1. The number of hydrogen-bond acceptors (Lipinski definition) is 2. The molecule has 0 bridgehead atoms. The Kier molecular flexibility index (Phi) is 0.790. The highest BCUT2D eigenvalue weighted by Gasteiger charge is 1.88. The third-order valence-corrected chi connectivity index (χ3v) is 1.25. The molecule has 0 unspecified atom stereocenters. The second kappa shape index (κ2) is 1.57. The fraction of sp³-hybridized carbons (Fsp3) is 0.167. The van der Waals surface area contributed by atoms with Crippen LogP contribution in [-0.2, 0) is 0 Å². The van der Waals surface area contributed by atoms with Gasteiger partial charge in [-0.2, -0.15) is 0 Å². The van der Waals surface area contributed by atoms with Gasteiger partial charge in [-0.25, -0.2) is 5.10 Å². The van der Waals surface area contributed by atoms with E-state index in [2.05, 4.69) is 21.1 Å². The van der Waals surface area contributed by atoms with Crippen LogP contribution in [-0.4, -0.2) is 15.4 Å². The minimum absolute atomic E-state index is 0.890. The lowest BCUT2D eigenvalue weighted by molar-refractivity contribution is 0.926. The number of fused-ring (bicyclic) bond motifs is 1. The summed E-state index contributed by atoms with van der Waals surface area (Å²) < 4.78 is 0. The molecule has 0 spiro atoms. The number of aromatic nitrogens is 3. The molecular weight excluding hydrogens is 114 g/mol. The molecular formula is C6H5N3. The minimum atomic E-state index is 0.890. The first-order valence-electron chi connectivity index (χ1n) is 2.79. The fourth-order valence-corrected chi connectivity index (χ4v) is 0.817. The summed E-state index contributed by atoms with van der Waals surface area (Å²) in [6.07, 6.45) is 4.87. The molecule has 3 heteroatoms. The van der Waals surface area contributed by atoms with E-state index in [9.17, 15) is 0 Å². The monoisotopic (exact) mass is 119 g/mol. The highest BCUT2D eigenvalue weighted by Crippen LogP contribution is 1.81. The third-order valence-electron chi connectivity index (χ3n) is 1.25. The average molecular weight is 119 g/mol. The summed E-state index contributed by atoms with van der Waals surface area (Å²) in [7, 11) is 0. The molecule has 0 aliphatic heterocycles. The summed E-state index contributed by atoms with van der Waals surface area (Å²) in [6, 6.07) is 0. The van der Waals surface area contributed by atoms with Gasteiger partial charge in [0.1, 0.15) is 10.7 Å². The van der Waals surface area contributed by atoms with E-state index in [0.717, 1.165) is 17.1 Å². The Hall–Kier alpha value is -1.34. The van der Waals surface area contributed by atoms with Crippen LogP contribution in [0.1, 0.15) is 6.42 Å². The molecule has 9 heavy (non-hydrogen) atoms. The molecule has 1 heterocycles. The summed E-state index contributed by atoms with van der Waals surface area (Å²) in [5.41, 5.74) is 3.01. The molecule has 1 N–H and O–H groups in total. The summed E-state index contributed by atoms with van der Waals surface area (Å²) >= 11 is 0. The lowest BCUT2D eigenvalue weighted by Crippen LogP contribution is -2.24. The van der Waals surface area contributed by atoms with Gasteiger partial charge in [-0.05, 0) is 18.6 Å². The van der Waals surface area contributed by atoms with Gasteiger partial charge in [0.15, 0.2) is 0 Å². The first-order valence-corrected chi connectivity index (χ1v) is 2.79. The first-order chi connectivity index (χ1) is 4.47. The first kappa shape index (κ1) is 4.53. The third kappa shape index (κ3) is 0.590. The number of aromatic amines is 1. The standard InChI is InChI=1S/C6H5N3/c1-2-4-6-5(3-1)7-9-8-6/h1,4H,2H2,(H,7,8). The number of nitrogens with zero attached hydrogens (tertiary/aromatic N) is 2. The smallest absolute Gasteiger partial charge is 0.127 e. The van der Waals surface area contributed by atoms with Crippen molar-refractivity contribution in [1.82, 2.24) is 15.4 Å². The Morgan fingerprint density at radius 2 is 2.67 bits per heavy atom. The van der Waals surface area contributed by atoms with Crippen molar-refractivity contribution in [2.75, 3.05) is 0 Å². The lowest BCUT2D eigenvalue weighted by Gasteiger charge is -1.79. The SMILES string of the molecule is C1=CCC=c2nn[nH]c2=1. The van der Waals surface area contributed by atoms with Crippen LogP contribution in [0, 0.1) is 0 Å². The van der Waals surface area contributed by atoms with E-state index in [-0.39, 0.29) is 0 Å². The van der Waals surface area contributed by atoms with Gasteiger partial charge in [0.2, 0.25) is 0 Å². The molecule has 1 aromatic heterocycles. The van der Waals surface area contributed by atoms with Crippen LogP contribution in [0.4, 0.5) is 0 Å². The molecule has 44 valence electrons. The summed E-state index contributed by atoms with van der Waals surface area (Å²) in [5, 5.41) is 12.0. The van der Waals surface area contributed by atoms with Crippen molar-refractivity contribution in [3.8, 4) is 0 Å². The van der Waals surface area contributed by atoms with E-state index in [1.165, 1.54) is 0 Å². The predicted molar refractivity (Wildman–Crippen MR) is 32.7 cm³/mol. The Morgan fingerprint density at radius 3 is 3.56 bits per heavy atom. The van der Waals surface area contributed by atoms with Crippen molar-refractivity contribution in [3.05, 3.63) is 16.8 Å². The Labute approximate surface area is 51.4 Å². The molecule has 0 saturated heterocycles. The molecule has 2 rings (SSSR count). The van der Waals surface area contributed by atoms with Crippen LogP contribution >= 0.6 is 0 Å². The van der Waals surface area contributed by atoms with E-state index >= 15 is 0 Å². The topological polar surface area (TPSA) is 41.6 Å². The normalized spacial score (nSPS) is 13.8. The molecule has 0 atom stereocenters. The second-order valence-corrected chi connectivity index (χ2v) is 1.86. The fourth-order valence-electron chi connectivity index (χ4n) is 0.817. The maximum atomic E-state index is 3.81. The van der Waals surface area contributed by atoms with Gasteiger partial charge in [0, 0.05) is 0 Å². The zero-order chi connectivity index (χ0) is 6.10. The number of H-pyrrole nitrogens is 1. The number of nitrogens with one attached hydrogen (secondary N) is 1. The predicted octanol–water partition coefficient (Wildman–Crippen LogP) is -1.08. The molecule has 3 nitrogen and oxygen atoms in total. The van der Waals surface area contributed by atoms with Crippen LogP contribution in [0.5, 0.6) is 0 Å². The minimum Gasteiger partial charge on any atom is -0.250 e. The Balaban J connectivity index is 3.09. The summed E-state index contributed by atoms with van der Waals surface area (Å²) in [5.74, 6) is 0. The molecule has 0 saturated carbocycles. The van der Waals surface area contributed by atoms with Crippen molar-refractivity contribution in [1.29, 1.82) is 0 Å². The average Bonchev–Trinajstić information content (AvgIpc) is 2.33. The number of rotatable bonds is 0. The van der Waals surface area contributed by atoms with Crippen LogP contribution in [0.25, 0.3) is 11.8 Å². The largest absolute Gasteiger partial charge is 0.250 e. The van der Waals surface area contributed by atoms with E-state index in [4.69, 9.17) is 0 Å². The summed E-state index contributed by atoms with van der Waals surface area (Å²) in [4.78, 5) is 0. The second-order valence-electron chi connectivity index (χ2n) is 1.86. The van der Waals surface area contributed by atoms with Gasteiger partial charge < -0.3 is 0 Å². The van der Waals surface area contributed by atoms with E-state index in [1.807, 2.05) is 12.2 Å². The zero-order valence-electron chi connectivity index (χ0n) is 4.76. The van der Waals surface area contributed by atoms with E-state index in [0.29, 0.717) is 0 Å². The molecule has 0 aromatic carbocycles. The van der Waals surface area contributed by atoms with Crippen LogP contribution in [0.3, 0.4) is 0 Å². The van der Waals surface area contributed by atoms with Gasteiger partial charge in [-0.3, -0.25) is 0 Å². The molecule has 1 aromatic rings. The van der Waals surface area contributed by atoms with E-state index < -0.39 is 0 Å². The molecule has 0 amide bonds. The van der Waals surface area contributed by atoms with Gasteiger partial charge in [0.25, 0.3) is 0 Å². The van der Waals surface area contributed by atoms with Crippen molar-refractivity contribution in [3.63, 3.8) is 0 Å². The zero-order valence-corrected chi connectivity index (χ0v) is 4.76. The van der Waals surface area contributed by atoms with Crippen LogP contribution < -0.4 is 10.7 Å². The highest BCUT2D eigenvalue weighted by atomic mass is 15.3. The quantitative estimate of drug-likeness (QED) is 0.472. The van der Waals surface area contributed by atoms with Crippen LogP contribution in [0.2, 0.25) is 0 Å². The van der Waals surface area contributed by atoms with E-state index in [1.54, 1.807) is 0 Å². The maximum Gasteiger partial charge on any atom is 0.127 e.